The number of urea groups is 1. The Morgan fingerprint density at radius 1 is 1.42 bits per heavy atom. The number of aliphatic carboxylic acids is 1. The summed E-state index contributed by atoms with van der Waals surface area (Å²) < 4.78 is 5.41. The van der Waals surface area contributed by atoms with Crippen molar-refractivity contribution in [1.82, 2.24) is 10.2 Å². The van der Waals surface area contributed by atoms with E-state index in [0.717, 1.165) is 13.0 Å². The average molecular weight is 272 g/mol. The second-order valence-electron chi connectivity index (χ2n) is 5.42. The molecule has 0 aromatic rings. The normalized spacial score (nSPS) is 15.4. The van der Waals surface area contributed by atoms with Crippen LogP contribution in [0, 0.1) is 11.8 Å². The predicted molar refractivity (Wildman–Crippen MR) is 71.0 cm³/mol. The van der Waals surface area contributed by atoms with Crippen molar-refractivity contribution < 1.29 is 19.4 Å². The number of nitrogens with one attached hydrogen (secondary N) is 1. The lowest BCUT2D eigenvalue weighted by Gasteiger charge is -2.38. The Balaban J connectivity index is 1.96. The number of rotatable bonds is 8. The first-order valence-electron chi connectivity index (χ1n) is 6.81. The third kappa shape index (κ3) is 6.42. The third-order valence-corrected chi connectivity index (χ3v) is 2.90. The average Bonchev–Trinajstić information content (AvgIpc) is 2.26. The van der Waals surface area contributed by atoms with Gasteiger partial charge in [-0.05, 0) is 12.3 Å². The second kappa shape index (κ2) is 7.99. The Kier molecular flexibility index (Phi) is 6.62. The van der Waals surface area contributed by atoms with Crippen molar-refractivity contribution in [1.29, 1.82) is 0 Å². The van der Waals surface area contributed by atoms with Gasteiger partial charge >= 0.3 is 12.0 Å². The number of ether oxygens (including phenoxy) is 1. The van der Waals surface area contributed by atoms with E-state index in [9.17, 15) is 9.59 Å². The number of carboxylic acid groups (broad SMARTS) is 1. The Morgan fingerprint density at radius 3 is 2.68 bits per heavy atom. The summed E-state index contributed by atoms with van der Waals surface area (Å²) in [5.74, 6) is -0.160. The van der Waals surface area contributed by atoms with Crippen molar-refractivity contribution >= 4 is 12.0 Å². The molecule has 0 aromatic heterocycles. The smallest absolute Gasteiger partial charge is 0.317 e. The summed E-state index contributed by atoms with van der Waals surface area (Å²) in [7, 11) is 0. The van der Waals surface area contributed by atoms with Gasteiger partial charge in [-0.3, -0.25) is 4.79 Å². The molecule has 0 bridgehead atoms. The molecule has 1 aliphatic heterocycles. The van der Waals surface area contributed by atoms with Gasteiger partial charge in [0.1, 0.15) is 0 Å². The quantitative estimate of drug-likeness (QED) is 0.650. The van der Waals surface area contributed by atoms with Crippen LogP contribution in [0.5, 0.6) is 0 Å². The molecule has 1 fully saturated rings. The molecule has 0 radical (unpaired) electrons. The van der Waals surface area contributed by atoms with Gasteiger partial charge in [0.25, 0.3) is 0 Å². The van der Waals surface area contributed by atoms with Crippen LogP contribution in [0.15, 0.2) is 0 Å². The minimum atomic E-state index is -0.799. The number of carbonyl (C=O) groups excluding carboxylic acids is 1. The van der Waals surface area contributed by atoms with Gasteiger partial charge in [0, 0.05) is 38.8 Å². The number of carbonyl (C=O) groups is 2. The summed E-state index contributed by atoms with van der Waals surface area (Å²) in [6, 6.07) is -0.106. The fourth-order valence-corrected chi connectivity index (χ4v) is 1.91. The van der Waals surface area contributed by atoms with Crippen LogP contribution in [-0.4, -0.2) is 54.9 Å². The summed E-state index contributed by atoms with van der Waals surface area (Å²) in [5, 5.41) is 11.4. The van der Waals surface area contributed by atoms with Gasteiger partial charge in [-0.1, -0.05) is 13.8 Å². The lowest BCUT2D eigenvalue weighted by atomic mass is 9.97. The fourth-order valence-electron chi connectivity index (χ4n) is 1.91. The van der Waals surface area contributed by atoms with Gasteiger partial charge in [-0.15, -0.1) is 0 Å². The van der Waals surface area contributed by atoms with E-state index in [-0.39, 0.29) is 18.4 Å². The lowest BCUT2D eigenvalue weighted by molar-refractivity contribution is -0.139. The molecule has 6 nitrogen and oxygen atoms in total. The maximum Gasteiger partial charge on any atom is 0.317 e. The molecule has 2 amide bonds. The van der Waals surface area contributed by atoms with Crippen LogP contribution in [-0.2, 0) is 9.53 Å². The highest BCUT2D eigenvalue weighted by atomic mass is 16.5. The van der Waals surface area contributed by atoms with Gasteiger partial charge in [-0.25, -0.2) is 4.79 Å². The zero-order chi connectivity index (χ0) is 14.3. The number of hydrogen-bond acceptors (Lipinski definition) is 3. The Bertz CT molecular complexity index is 301. The zero-order valence-electron chi connectivity index (χ0n) is 11.7. The lowest BCUT2D eigenvalue weighted by Crippen LogP contribution is -2.54. The first-order valence-corrected chi connectivity index (χ1v) is 6.81. The Morgan fingerprint density at radius 2 is 2.11 bits per heavy atom. The monoisotopic (exact) mass is 272 g/mol. The first-order chi connectivity index (χ1) is 8.99. The molecule has 1 aliphatic rings. The second-order valence-corrected chi connectivity index (χ2v) is 5.42. The number of likely N-dealkylation sites (tertiary alicyclic amines) is 1. The Hall–Kier alpha value is -1.30. The van der Waals surface area contributed by atoms with Crippen molar-refractivity contribution in [2.24, 2.45) is 11.8 Å². The third-order valence-electron chi connectivity index (χ3n) is 2.90. The molecule has 1 saturated heterocycles. The largest absolute Gasteiger partial charge is 0.481 e. The molecular formula is C13H24N2O4. The minimum Gasteiger partial charge on any atom is -0.481 e. The summed E-state index contributed by atoms with van der Waals surface area (Å²) in [6.45, 7) is 7.27. The van der Waals surface area contributed by atoms with Crippen molar-refractivity contribution in [3.8, 4) is 0 Å². The summed E-state index contributed by atoms with van der Waals surface area (Å²) >= 11 is 0. The number of nitrogens with zero attached hydrogens (tertiary/aromatic N) is 1. The van der Waals surface area contributed by atoms with Crippen LogP contribution < -0.4 is 5.32 Å². The van der Waals surface area contributed by atoms with Gasteiger partial charge < -0.3 is 20.1 Å². The van der Waals surface area contributed by atoms with Gasteiger partial charge in [0.2, 0.25) is 0 Å². The van der Waals surface area contributed by atoms with Crippen LogP contribution in [0.1, 0.15) is 26.7 Å². The highest BCUT2D eigenvalue weighted by Crippen LogP contribution is 2.18. The molecule has 110 valence electrons. The zero-order valence-corrected chi connectivity index (χ0v) is 11.7. The van der Waals surface area contributed by atoms with Gasteiger partial charge in [0.15, 0.2) is 0 Å². The standard InChI is InChI=1S/C13H24N2O4/c1-10(2)9-19-5-3-4-14-13(18)15-7-11(8-15)6-12(16)17/h10-11H,3-9H2,1-2H3,(H,14,18)(H,16,17). The molecule has 2 N–H and O–H groups in total. The summed E-state index contributed by atoms with van der Waals surface area (Å²) in [6.07, 6.45) is 0.942. The van der Waals surface area contributed by atoms with E-state index in [1.54, 1.807) is 4.90 Å². The molecular weight excluding hydrogens is 248 g/mol. The minimum absolute atomic E-state index is 0.106. The number of amides is 2. The van der Waals surface area contributed by atoms with Crippen molar-refractivity contribution in [2.45, 2.75) is 26.7 Å². The summed E-state index contributed by atoms with van der Waals surface area (Å²) in [5.41, 5.74) is 0. The van der Waals surface area contributed by atoms with E-state index in [1.165, 1.54) is 0 Å². The highest BCUT2D eigenvalue weighted by Gasteiger charge is 2.31. The maximum absolute atomic E-state index is 11.6. The molecule has 0 aliphatic carbocycles. The maximum atomic E-state index is 11.6. The van der Waals surface area contributed by atoms with Crippen LogP contribution in [0.25, 0.3) is 0 Å². The van der Waals surface area contributed by atoms with E-state index in [0.29, 0.717) is 32.2 Å². The van der Waals surface area contributed by atoms with Crippen LogP contribution in [0.3, 0.4) is 0 Å². The molecule has 0 atom stereocenters. The SMILES string of the molecule is CC(C)COCCCNC(=O)N1CC(CC(=O)O)C1. The van der Waals surface area contributed by atoms with Crippen molar-refractivity contribution in [3.05, 3.63) is 0 Å². The van der Waals surface area contributed by atoms with Gasteiger partial charge in [0.05, 0.1) is 6.42 Å². The highest BCUT2D eigenvalue weighted by molar-refractivity contribution is 5.75. The fraction of sp³-hybridized carbons (Fsp3) is 0.846. The first kappa shape index (κ1) is 15.8. The number of carboxylic acids is 1. The molecule has 0 spiro atoms. The topological polar surface area (TPSA) is 78.9 Å². The van der Waals surface area contributed by atoms with E-state index in [2.05, 4.69) is 19.2 Å². The predicted octanol–water partition coefficient (Wildman–Crippen LogP) is 1.17. The van der Waals surface area contributed by atoms with Gasteiger partial charge in [-0.2, -0.15) is 0 Å². The molecule has 0 unspecified atom stereocenters. The molecule has 6 heteroatoms. The van der Waals surface area contributed by atoms with Crippen molar-refractivity contribution in [3.63, 3.8) is 0 Å². The van der Waals surface area contributed by atoms with E-state index >= 15 is 0 Å². The van der Waals surface area contributed by atoms with Crippen LogP contribution in [0.2, 0.25) is 0 Å². The molecule has 1 rings (SSSR count). The molecule has 0 saturated carbocycles. The van der Waals surface area contributed by atoms with E-state index < -0.39 is 5.97 Å². The van der Waals surface area contributed by atoms with E-state index in [1.807, 2.05) is 0 Å². The van der Waals surface area contributed by atoms with E-state index in [4.69, 9.17) is 9.84 Å². The number of hydrogen-bond donors (Lipinski definition) is 2. The molecule has 1 heterocycles. The molecule has 19 heavy (non-hydrogen) atoms. The van der Waals surface area contributed by atoms with Crippen LogP contribution in [0.4, 0.5) is 4.79 Å². The van der Waals surface area contributed by atoms with Crippen molar-refractivity contribution in [2.75, 3.05) is 32.8 Å². The summed E-state index contributed by atoms with van der Waals surface area (Å²) in [4.78, 5) is 23.7. The Labute approximate surface area is 114 Å². The molecule has 0 aromatic carbocycles. The van der Waals surface area contributed by atoms with Crippen LogP contribution >= 0.6 is 0 Å².